The number of carbonyl (C=O) groups excluding carboxylic acids is 1. The smallest absolute Gasteiger partial charge is 0.342 e. The normalized spacial score (nSPS) is 16.2. The average Bonchev–Trinajstić information content (AvgIpc) is 2.95. The summed E-state index contributed by atoms with van der Waals surface area (Å²) in [6, 6.07) is 2.56. The topological polar surface area (TPSA) is 51.0 Å². The monoisotopic (exact) mass is 422 g/mol. The fraction of sp³-hybridized carbons (Fsp3) is 0.591. The van der Waals surface area contributed by atoms with Gasteiger partial charge in [-0.25, -0.2) is 9.67 Å². The minimum absolute atomic E-state index is 0.0479. The Kier molecular flexibility index (Phi) is 6.83. The third kappa shape index (κ3) is 5.02. The van der Waals surface area contributed by atoms with Crippen LogP contribution < -0.4 is 0 Å². The maximum absolute atomic E-state index is 13.0. The Morgan fingerprint density at radius 2 is 1.77 bits per heavy atom. The lowest BCUT2D eigenvalue weighted by Gasteiger charge is -2.30. The summed E-state index contributed by atoms with van der Waals surface area (Å²) in [7, 11) is 1.88. The van der Waals surface area contributed by atoms with Crippen LogP contribution in [-0.4, -0.2) is 38.7 Å². The van der Waals surface area contributed by atoms with Crippen LogP contribution in [0.25, 0.3) is 5.82 Å². The van der Waals surface area contributed by atoms with Gasteiger partial charge in [-0.05, 0) is 38.8 Å². The van der Waals surface area contributed by atoms with Crippen molar-refractivity contribution < 1.29 is 18.0 Å². The van der Waals surface area contributed by atoms with Gasteiger partial charge in [-0.2, -0.15) is 18.3 Å². The van der Waals surface area contributed by atoms with E-state index in [0.717, 1.165) is 49.2 Å². The van der Waals surface area contributed by atoms with Crippen molar-refractivity contribution in [1.29, 1.82) is 0 Å². The van der Waals surface area contributed by atoms with Gasteiger partial charge in [0.05, 0.1) is 17.7 Å². The largest absolute Gasteiger partial charge is 0.417 e. The van der Waals surface area contributed by atoms with Crippen LogP contribution in [0, 0.1) is 13.8 Å². The first-order chi connectivity index (χ1) is 14.2. The molecule has 5 nitrogen and oxygen atoms in total. The van der Waals surface area contributed by atoms with Gasteiger partial charge < -0.3 is 4.90 Å². The van der Waals surface area contributed by atoms with Gasteiger partial charge in [0.25, 0.3) is 0 Å². The first kappa shape index (κ1) is 22.3. The molecule has 1 saturated carbocycles. The van der Waals surface area contributed by atoms with E-state index >= 15 is 0 Å². The van der Waals surface area contributed by atoms with E-state index in [1.165, 1.54) is 30.0 Å². The van der Waals surface area contributed by atoms with Crippen LogP contribution in [0.2, 0.25) is 0 Å². The average molecular weight is 422 g/mol. The maximum Gasteiger partial charge on any atom is 0.417 e. The molecule has 0 aliphatic heterocycles. The SMILES string of the molecule is Cc1nn(-c2ccc(C(F)(F)F)cn2)c(C)c1CC(=O)N(C)C1CCCCCCC1. The standard InChI is InChI=1S/C22H29F3N4O/c1-15-19(13-21(30)28(3)18-9-7-5-4-6-8-10-18)16(2)29(27-15)20-12-11-17(14-26-20)22(23,24)25/h11-12,14,18H,4-10,13H2,1-3H3. The number of aromatic nitrogens is 3. The highest BCUT2D eigenvalue weighted by molar-refractivity contribution is 5.79. The summed E-state index contributed by atoms with van der Waals surface area (Å²) in [5.41, 5.74) is 1.41. The lowest BCUT2D eigenvalue weighted by molar-refractivity contribution is -0.137. The van der Waals surface area contributed by atoms with Crippen LogP contribution >= 0.6 is 0 Å². The summed E-state index contributed by atoms with van der Waals surface area (Å²) in [6.45, 7) is 3.63. The van der Waals surface area contributed by atoms with Gasteiger partial charge in [0.1, 0.15) is 0 Å². The molecule has 1 aliphatic rings. The Bertz CT molecular complexity index is 866. The molecule has 0 atom stereocenters. The zero-order valence-electron chi connectivity index (χ0n) is 17.8. The van der Waals surface area contributed by atoms with Crippen molar-refractivity contribution in [3.05, 3.63) is 40.8 Å². The van der Waals surface area contributed by atoms with Gasteiger partial charge in [0.2, 0.25) is 5.91 Å². The number of halogens is 3. The number of pyridine rings is 1. The van der Waals surface area contributed by atoms with Crippen LogP contribution in [0.4, 0.5) is 13.2 Å². The second kappa shape index (κ2) is 9.18. The molecule has 0 spiro atoms. The Morgan fingerprint density at radius 1 is 1.13 bits per heavy atom. The maximum atomic E-state index is 13.0. The lowest BCUT2D eigenvalue weighted by Crippen LogP contribution is -2.38. The molecule has 2 aromatic heterocycles. The van der Waals surface area contributed by atoms with Gasteiger partial charge >= 0.3 is 6.18 Å². The third-order valence-electron chi connectivity index (χ3n) is 6.08. The van der Waals surface area contributed by atoms with Gasteiger partial charge in [-0.15, -0.1) is 0 Å². The second-order valence-corrected chi connectivity index (χ2v) is 8.14. The van der Waals surface area contributed by atoms with Crippen LogP contribution in [-0.2, 0) is 17.4 Å². The van der Waals surface area contributed by atoms with Crippen LogP contribution in [0.5, 0.6) is 0 Å². The molecule has 1 fully saturated rings. The first-order valence-electron chi connectivity index (χ1n) is 10.5. The zero-order chi connectivity index (χ0) is 21.9. The van der Waals surface area contributed by atoms with Crippen molar-refractivity contribution in [2.75, 3.05) is 7.05 Å². The summed E-state index contributed by atoms with van der Waals surface area (Å²) >= 11 is 0. The molecule has 30 heavy (non-hydrogen) atoms. The fourth-order valence-corrected chi connectivity index (χ4v) is 4.13. The Balaban J connectivity index is 1.75. The molecule has 8 heteroatoms. The third-order valence-corrected chi connectivity index (χ3v) is 6.08. The highest BCUT2D eigenvalue weighted by atomic mass is 19.4. The number of hydrogen-bond donors (Lipinski definition) is 0. The van der Waals surface area contributed by atoms with Crippen molar-refractivity contribution in [3.63, 3.8) is 0 Å². The minimum Gasteiger partial charge on any atom is -0.342 e. The van der Waals surface area contributed by atoms with E-state index < -0.39 is 11.7 Å². The number of nitrogens with zero attached hydrogens (tertiary/aromatic N) is 4. The van der Waals surface area contributed by atoms with E-state index in [-0.39, 0.29) is 18.4 Å². The van der Waals surface area contributed by atoms with Crippen LogP contribution in [0.3, 0.4) is 0 Å². The molecule has 1 aliphatic carbocycles. The van der Waals surface area contributed by atoms with Crippen molar-refractivity contribution in [2.45, 2.75) is 77.4 Å². The summed E-state index contributed by atoms with van der Waals surface area (Å²) in [6.07, 6.45) is 4.71. The summed E-state index contributed by atoms with van der Waals surface area (Å²) < 4.78 is 39.9. The lowest BCUT2D eigenvalue weighted by atomic mass is 9.95. The molecule has 1 amide bonds. The number of rotatable bonds is 4. The highest BCUT2D eigenvalue weighted by Crippen LogP contribution is 2.29. The van der Waals surface area contributed by atoms with E-state index in [9.17, 15) is 18.0 Å². The molecule has 0 N–H and O–H groups in total. The molecular weight excluding hydrogens is 393 g/mol. The number of likely N-dealkylation sites (N-methyl/N-ethyl adjacent to an activating group) is 1. The van der Waals surface area contributed by atoms with E-state index in [1.54, 1.807) is 0 Å². The molecule has 2 heterocycles. The number of aryl methyl sites for hydroxylation is 1. The zero-order valence-corrected chi connectivity index (χ0v) is 17.8. The molecule has 0 bridgehead atoms. The van der Waals surface area contributed by atoms with Gasteiger partial charge in [0.15, 0.2) is 5.82 Å². The van der Waals surface area contributed by atoms with Crippen LogP contribution in [0.15, 0.2) is 18.3 Å². The summed E-state index contributed by atoms with van der Waals surface area (Å²) in [5.74, 6) is 0.349. The van der Waals surface area contributed by atoms with E-state index in [1.807, 2.05) is 25.8 Å². The van der Waals surface area contributed by atoms with E-state index in [2.05, 4.69) is 10.1 Å². The minimum atomic E-state index is -4.43. The molecule has 0 saturated heterocycles. The number of alkyl halides is 3. The molecule has 0 radical (unpaired) electrons. The van der Waals surface area contributed by atoms with Gasteiger partial charge in [0, 0.05) is 30.5 Å². The second-order valence-electron chi connectivity index (χ2n) is 8.14. The number of amides is 1. The van der Waals surface area contributed by atoms with Crippen molar-refractivity contribution in [1.82, 2.24) is 19.7 Å². The predicted octanol–water partition coefficient (Wildman–Crippen LogP) is 5.02. The van der Waals surface area contributed by atoms with Crippen molar-refractivity contribution in [3.8, 4) is 5.82 Å². The molecule has 2 aromatic rings. The molecule has 164 valence electrons. The summed E-state index contributed by atoms with van der Waals surface area (Å²) in [4.78, 5) is 18.8. The molecular formula is C22H29F3N4O. The number of carbonyl (C=O) groups is 1. The Hall–Kier alpha value is -2.38. The van der Waals surface area contributed by atoms with Crippen molar-refractivity contribution in [2.24, 2.45) is 0 Å². The molecule has 3 rings (SSSR count). The Morgan fingerprint density at radius 3 is 2.33 bits per heavy atom. The van der Waals surface area contributed by atoms with Gasteiger partial charge in [-0.1, -0.05) is 32.1 Å². The number of hydrogen-bond acceptors (Lipinski definition) is 3. The highest BCUT2D eigenvalue weighted by Gasteiger charge is 2.31. The quantitative estimate of drug-likeness (QED) is 0.695. The molecule has 0 aromatic carbocycles. The predicted molar refractivity (Wildman–Crippen MR) is 108 cm³/mol. The first-order valence-corrected chi connectivity index (χ1v) is 10.5. The van der Waals surface area contributed by atoms with Gasteiger partial charge in [-0.3, -0.25) is 4.79 Å². The van der Waals surface area contributed by atoms with E-state index in [4.69, 9.17) is 0 Å². The Labute approximate surface area is 175 Å². The fourth-order valence-electron chi connectivity index (χ4n) is 4.13. The van der Waals surface area contributed by atoms with Crippen molar-refractivity contribution >= 4 is 5.91 Å². The molecule has 0 unspecified atom stereocenters. The summed E-state index contributed by atoms with van der Waals surface area (Å²) in [5, 5.41) is 4.43. The van der Waals surface area contributed by atoms with Crippen LogP contribution in [0.1, 0.15) is 67.5 Å². The van der Waals surface area contributed by atoms with E-state index in [0.29, 0.717) is 11.5 Å².